The third kappa shape index (κ3) is 3.78. The Bertz CT molecular complexity index is 834. The van der Waals surface area contributed by atoms with Crippen LogP contribution in [0.25, 0.3) is 10.8 Å². The Morgan fingerprint density at radius 2 is 1.92 bits per heavy atom. The molecule has 3 heterocycles. The largest absolute Gasteiger partial charge is 0.420 e. The van der Waals surface area contributed by atoms with Crippen LogP contribution in [0.2, 0.25) is 5.02 Å². The van der Waals surface area contributed by atoms with Crippen LogP contribution >= 0.6 is 22.9 Å². The third-order valence-electron chi connectivity index (χ3n) is 4.75. The fourth-order valence-electron chi connectivity index (χ4n) is 3.27. The molecule has 4 rings (SSSR count). The maximum absolute atomic E-state index is 5.97. The van der Waals surface area contributed by atoms with Crippen LogP contribution in [0.5, 0.6) is 0 Å². The number of halogens is 1. The molecule has 1 aliphatic rings. The van der Waals surface area contributed by atoms with E-state index >= 15 is 0 Å². The summed E-state index contributed by atoms with van der Waals surface area (Å²) < 4.78 is 5.97. The van der Waals surface area contributed by atoms with E-state index < -0.39 is 0 Å². The second-order valence-electron chi connectivity index (χ2n) is 6.56. The fraction of sp³-hybridized carbons (Fsp3) is 0.368. The van der Waals surface area contributed by atoms with Crippen molar-refractivity contribution in [2.24, 2.45) is 0 Å². The molecule has 0 N–H and O–H groups in total. The predicted octanol–water partition coefficient (Wildman–Crippen LogP) is 5.14. The van der Waals surface area contributed by atoms with Crippen molar-refractivity contribution in [3.05, 3.63) is 57.8 Å². The highest BCUT2D eigenvalue weighted by Gasteiger charge is 2.25. The maximum atomic E-state index is 5.97. The van der Waals surface area contributed by atoms with E-state index in [1.165, 1.54) is 11.1 Å². The van der Waals surface area contributed by atoms with Gasteiger partial charge >= 0.3 is 0 Å². The van der Waals surface area contributed by atoms with Crippen molar-refractivity contribution in [2.75, 3.05) is 13.1 Å². The Morgan fingerprint density at radius 3 is 2.60 bits per heavy atom. The number of aromatic nitrogens is 2. The van der Waals surface area contributed by atoms with Gasteiger partial charge in [-0.2, -0.15) is 0 Å². The van der Waals surface area contributed by atoms with E-state index in [2.05, 4.69) is 45.6 Å². The average molecular weight is 374 g/mol. The number of rotatable bonds is 4. The lowest BCUT2D eigenvalue weighted by atomic mass is 9.96. The zero-order valence-electron chi connectivity index (χ0n) is 14.1. The summed E-state index contributed by atoms with van der Waals surface area (Å²) in [5.74, 6) is 1.81. The van der Waals surface area contributed by atoms with Gasteiger partial charge in [0.25, 0.3) is 5.89 Å². The third-order valence-corrected chi connectivity index (χ3v) is 6.01. The molecule has 6 heteroatoms. The molecular weight excluding hydrogens is 354 g/mol. The summed E-state index contributed by atoms with van der Waals surface area (Å²) >= 11 is 7.61. The summed E-state index contributed by atoms with van der Waals surface area (Å²) in [6.07, 6.45) is 2.11. The number of aryl methyl sites for hydroxylation is 1. The summed E-state index contributed by atoms with van der Waals surface area (Å²) in [6.45, 7) is 5.13. The van der Waals surface area contributed by atoms with Gasteiger partial charge in [0.2, 0.25) is 5.89 Å². The molecule has 1 aromatic carbocycles. The van der Waals surface area contributed by atoms with Crippen molar-refractivity contribution in [2.45, 2.75) is 32.2 Å². The van der Waals surface area contributed by atoms with Crippen LogP contribution in [0.1, 0.15) is 35.8 Å². The molecule has 0 amide bonds. The molecular formula is C19H20ClN3OS. The first-order valence-electron chi connectivity index (χ1n) is 8.54. The monoisotopic (exact) mass is 373 g/mol. The van der Waals surface area contributed by atoms with Crippen LogP contribution in [0.15, 0.2) is 40.1 Å². The number of likely N-dealkylation sites (tertiary alicyclic amines) is 1. The van der Waals surface area contributed by atoms with Gasteiger partial charge in [-0.05, 0) is 67.6 Å². The van der Waals surface area contributed by atoms with Crippen LogP contribution in [0, 0.1) is 6.92 Å². The van der Waals surface area contributed by atoms with Gasteiger partial charge in [-0.1, -0.05) is 23.7 Å². The van der Waals surface area contributed by atoms with Crippen molar-refractivity contribution in [3.63, 3.8) is 0 Å². The Kier molecular flexibility index (Phi) is 4.88. The van der Waals surface area contributed by atoms with Gasteiger partial charge in [-0.15, -0.1) is 21.5 Å². The van der Waals surface area contributed by atoms with Crippen molar-refractivity contribution < 1.29 is 4.42 Å². The first kappa shape index (κ1) is 16.8. The van der Waals surface area contributed by atoms with Crippen LogP contribution in [-0.4, -0.2) is 28.2 Å². The standard InChI is InChI=1S/C19H20ClN3OS/c1-13-8-11-25-17(13)19-22-21-18(24-19)15-6-9-23(10-7-15)12-14-2-4-16(20)5-3-14/h2-5,8,11,15H,6-7,9-10,12H2,1H3. The maximum Gasteiger partial charge on any atom is 0.258 e. The first-order valence-corrected chi connectivity index (χ1v) is 9.79. The first-order chi connectivity index (χ1) is 12.2. The van der Waals surface area contributed by atoms with Gasteiger partial charge < -0.3 is 4.42 Å². The highest BCUT2D eigenvalue weighted by molar-refractivity contribution is 7.13. The minimum atomic E-state index is 0.364. The van der Waals surface area contributed by atoms with Gasteiger partial charge in [0.05, 0.1) is 4.88 Å². The summed E-state index contributed by atoms with van der Waals surface area (Å²) in [7, 11) is 0. The van der Waals surface area contributed by atoms with E-state index in [1.807, 2.05) is 12.1 Å². The van der Waals surface area contributed by atoms with E-state index in [-0.39, 0.29) is 0 Å². The number of hydrogen-bond acceptors (Lipinski definition) is 5. The van der Waals surface area contributed by atoms with Crippen molar-refractivity contribution in [3.8, 4) is 10.8 Å². The predicted molar refractivity (Wildman–Crippen MR) is 101 cm³/mol. The fourth-order valence-corrected chi connectivity index (χ4v) is 4.24. The number of thiophene rings is 1. The Morgan fingerprint density at radius 1 is 1.16 bits per heavy atom. The number of benzene rings is 1. The molecule has 2 aromatic heterocycles. The molecule has 0 atom stereocenters. The molecule has 1 saturated heterocycles. The van der Waals surface area contributed by atoms with E-state index in [1.54, 1.807) is 11.3 Å². The van der Waals surface area contributed by atoms with Crippen molar-refractivity contribution >= 4 is 22.9 Å². The molecule has 1 aliphatic heterocycles. The topological polar surface area (TPSA) is 42.2 Å². The van der Waals surface area contributed by atoms with E-state index in [9.17, 15) is 0 Å². The van der Waals surface area contributed by atoms with Gasteiger partial charge in [0.1, 0.15) is 0 Å². The summed E-state index contributed by atoms with van der Waals surface area (Å²) in [5.41, 5.74) is 2.49. The minimum absolute atomic E-state index is 0.364. The van der Waals surface area contributed by atoms with E-state index in [0.717, 1.165) is 48.3 Å². The van der Waals surface area contributed by atoms with Crippen molar-refractivity contribution in [1.29, 1.82) is 0 Å². The van der Waals surface area contributed by atoms with Crippen LogP contribution in [0.3, 0.4) is 0 Å². The molecule has 130 valence electrons. The van der Waals surface area contributed by atoms with Gasteiger partial charge in [0, 0.05) is 17.5 Å². The zero-order chi connectivity index (χ0) is 17.2. The normalized spacial score (nSPS) is 16.4. The average Bonchev–Trinajstić information content (AvgIpc) is 3.26. The van der Waals surface area contributed by atoms with Crippen LogP contribution in [0.4, 0.5) is 0 Å². The summed E-state index contributed by atoms with van der Waals surface area (Å²) in [6, 6.07) is 10.2. The highest BCUT2D eigenvalue weighted by Crippen LogP contribution is 2.32. The van der Waals surface area contributed by atoms with E-state index in [4.69, 9.17) is 16.0 Å². The van der Waals surface area contributed by atoms with Crippen molar-refractivity contribution in [1.82, 2.24) is 15.1 Å². The summed E-state index contributed by atoms with van der Waals surface area (Å²) in [5, 5.41) is 11.4. The molecule has 25 heavy (non-hydrogen) atoms. The molecule has 0 radical (unpaired) electrons. The van der Waals surface area contributed by atoms with Gasteiger partial charge in [0.15, 0.2) is 0 Å². The molecule has 4 nitrogen and oxygen atoms in total. The Balaban J connectivity index is 1.36. The number of nitrogens with zero attached hydrogens (tertiary/aromatic N) is 3. The molecule has 0 spiro atoms. The zero-order valence-corrected chi connectivity index (χ0v) is 15.7. The smallest absolute Gasteiger partial charge is 0.258 e. The lowest BCUT2D eigenvalue weighted by Crippen LogP contribution is -2.32. The number of hydrogen-bond donors (Lipinski definition) is 0. The quantitative estimate of drug-likeness (QED) is 0.635. The van der Waals surface area contributed by atoms with E-state index in [0.29, 0.717) is 11.8 Å². The molecule has 0 saturated carbocycles. The van der Waals surface area contributed by atoms with Crippen LogP contribution < -0.4 is 0 Å². The summed E-state index contributed by atoms with van der Waals surface area (Å²) in [4.78, 5) is 3.55. The van der Waals surface area contributed by atoms with Gasteiger partial charge in [-0.3, -0.25) is 4.90 Å². The van der Waals surface area contributed by atoms with Crippen LogP contribution in [-0.2, 0) is 6.54 Å². The number of piperidine rings is 1. The molecule has 3 aromatic rings. The molecule has 1 fully saturated rings. The molecule has 0 unspecified atom stereocenters. The molecule has 0 aliphatic carbocycles. The lowest BCUT2D eigenvalue weighted by Gasteiger charge is -2.30. The Labute approximate surface area is 156 Å². The second kappa shape index (κ2) is 7.28. The molecule has 0 bridgehead atoms. The highest BCUT2D eigenvalue weighted by atomic mass is 35.5. The SMILES string of the molecule is Cc1ccsc1-c1nnc(C2CCN(Cc3ccc(Cl)cc3)CC2)o1. The van der Waals surface area contributed by atoms with Gasteiger partial charge in [-0.25, -0.2) is 0 Å². The minimum Gasteiger partial charge on any atom is -0.420 e. The lowest BCUT2D eigenvalue weighted by molar-refractivity contribution is 0.193. The Hall–Kier alpha value is -1.69. The second-order valence-corrected chi connectivity index (χ2v) is 7.91.